The Morgan fingerprint density at radius 2 is 1.56 bits per heavy atom. The maximum atomic E-state index is 13.1. The zero-order valence-corrected chi connectivity index (χ0v) is 13.9. The summed E-state index contributed by atoms with van der Waals surface area (Å²) < 4.78 is 0. The second-order valence-electron chi connectivity index (χ2n) is 6.51. The Labute approximate surface area is 152 Å². The largest absolute Gasteiger partial charge is 0.508 e. The number of rotatable bonds is 1. The molecular weight excluding hydrogens is 346 g/mol. The summed E-state index contributed by atoms with van der Waals surface area (Å²) in [6.07, 6.45) is 0. The lowest BCUT2D eigenvalue weighted by Crippen LogP contribution is -2.33. The van der Waals surface area contributed by atoms with E-state index >= 15 is 0 Å². The smallest absolute Gasteiger partial charge is 0.327 e. The maximum Gasteiger partial charge on any atom is 0.327 e. The van der Waals surface area contributed by atoms with Crippen LogP contribution in [-0.4, -0.2) is 20.9 Å². The Hall–Kier alpha value is -3.87. The first kappa shape index (κ1) is 15.4. The molecule has 0 saturated carbocycles. The number of ketones is 1. The number of Topliss-reactive ketones (excluding diaryl/α,β-unsaturated/α-hetero) is 1. The van der Waals surface area contributed by atoms with Gasteiger partial charge in [0.1, 0.15) is 11.6 Å². The van der Waals surface area contributed by atoms with Crippen molar-refractivity contribution >= 4 is 17.3 Å². The summed E-state index contributed by atoms with van der Waals surface area (Å²) in [6, 6.07) is 13.5. The number of benzene rings is 2. The zero-order chi connectivity index (χ0) is 18.7. The number of phenols is 1. The number of aromatic nitrogens is 2. The molecule has 2 heterocycles. The molecule has 1 atom stereocenters. The van der Waals surface area contributed by atoms with Gasteiger partial charge in [0.25, 0.3) is 5.56 Å². The van der Waals surface area contributed by atoms with Crippen molar-refractivity contribution in [3.05, 3.63) is 97.2 Å². The number of carbonyl (C=O) groups excluding carboxylic acids is 1. The van der Waals surface area contributed by atoms with E-state index < -0.39 is 17.2 Å². The van der Waals surface area contributed by atoms with Gasteiger partial charge in [-0.05, 0) is 17.7 Å². The van der Waals surface area contributed by atoms with Crippen LogP contribution in [-0.2, 0) is 0 Å². The molecule has 0 unspecified atom stereocenters. The van der Waals surface area contributed by atoms with Gasteiger partial charge in [0.2, 0.25) is 0 Å². The number of hydrogen-bond acceptors (Lipinski definition) is 5. The number of nitrogens with one attached hydrogen (secondary N) is 3. The summed E-state index contributed by atoms with van der Waals surface area (Å²) >= 11 is 0. The van der Waals surface area contributed by atoms with Crippen molar-refractivity contribution in [2.45, 2.75) is 5.92 Å². The second kappa shape index (κ2) is 5.31. The number of anilines is 1. The van der Waals surface area contributed by atoms with Crippen molar-refractivity contribution in [1.29, 1.82) is 0 Å². The van der Waals surface area contributed by atoms with Gasteiger partial charge in [0.15, 0.2) is 5.78 Å². The fraction of sp³-hybridized carbons (Fsp3) is 0.0500. The van der Waals surface area contributed by atoms with Crippen LogP contribution in [0.5, 0.6) is 5.75 Å². The molecule has 1 aromatic heterocycles. The standard InChI is InChI=1S/C20H13N3O4/c24-10-7-5-9(6-8-10)13-14-16(11-3-1-2-4-12(11)17(14)25)21-18-15(13)19(26)23-20(27)22-18/h1-8,13,24H,(H3,21,22,23,26,27)/t13-/m1/s1. The van der Waals surface area contributed by atoms with Crippen LogP contribution in [0, 0.1) is 0 Å². The molecule has 2 aliphatic rings. The maximum absolute atomic E-state index is 13.1. The van der Waals surface area contributed by atoms with Crippen molar-refractivity contribution in [3.8, 4) is 5.75 Å². The summed E-state index contributed by atoms with van der Waals surface area (Å²) in [5.74, 6) is -0.483. The Bertz CT molecular complexity index is 1270. The molecule has 3 aromatic rings. The number of phenolic OH excluding ortho intramolecular Hbond substituents is 1. The fourth-order valence-corrected chi connectivity index (χ4v) is 3.85. The second-order valence-corrected chi connectivity index (χ2v) is 6.51. The topological polar surface area (TPSA) is 115 Å². The summed E-state index contributed by atoms with van der Waals surface area (Å²) in [5.41, 5.74) is 2.06. The monoisotopic (exact) mass is 359 g/mol. The molecule has 0 spiro atoms. The average molecular weight is 359 g/mol. The molecule has 1 aliphatic heterocycles. The molecule has 1 aliphatic carbocycles. The highest BCUT2D eigenvalue weighted by molar-refractivity contribution is 6.23. The van der Waals surface area contributed by atoms with E-state index in [4.69, 9.17) is 0 Å². The number of fused-ring (bicyclic) bond motifs is 3. The van der Waals surface area contributed by atoms with Gasteiger partial charge in [0, 0.05) is 22.6 Å². The predicted octanol–water partition coefficient (Wildman–Crippen LogP) is 1.93. The lowest BCUT2D eigenvalue weighted by atomic mass is 9.81. The molecule has 132 valence electrons. The predicted molar refractivity (Wildman–Crippen MR) is 98.9 cm³/mol. The number of allylic oxidation sites excluding steroid dienone is 1. The molecule has 5 rings (SSSR count). The molecule has 0 radical (unpaired) electrons. The first-order valence-electron chi connectivity index (χ1n) is 8.35. The van der Waals surface area contributed by atoms with Gasteiger partial charge in [-0.3, -0.25) is 19.6 Å². The van der Waals surface area contributed by atoms with Crippen molar-refractivity contribution in [3.63, 3.8) is 0 Å². The Morgan fingerprint density at radius 3 is 2.30 bits per heavy atom. The van der Waals surface area contributed by atoms with Crippen LogP contribution in [0.2, 0.25) is 0 Å². The SMILES string of the molecule is O=C1C2=C(Nc3[nH]c(=O)[nH]c(=O)c3[C@@H]2c2ccc(O)cc2)c2ccccc21. The normalized spacial score (nSPS) is 17.2. The fourth-order valence-electron chi connectivity index (χ4n) is 3.85. The van der Waals surface area contributed by atoms with Crippen LogP contribution in [0.3, 0.4) is 0 Å². The number of carbonyl (C=O) groups is 1. The van der Waals surface area contributed by atoms with E-state index in [0.717, 1.165) is 5.56 Å². The van der Waals surface area contributed by atoms with Crippen LogP contribution in [0.1, 0.15) is 33.0 Å². The van der Waals surface area contributed by atoms with Gasteiger partial charge < -0.3 is 10.4 Å². The molecule has 0 saturated heterocycles. The number of aromatic hydroxyl groups is 1. The van der Waals surface area contributed by atoms with Crippen LogP contribution < -0.4 is 16.6 Å². The third-order valence-electron chi connectivity index (χ3n) is 4.99. The minimum Gasteiger partial charge on any atom is -0.508 e. The van der Waals surface area contributed by atoms with E-state index in [-0.39, 0.29) is 22.9 Å². The highest BCUT2D eigenvalue weighted by Gasteiger charge is 2.41. The molecule has 0 fully saturated rings. The minimum absolute atomic E-state index is 0.0820. The lowest BCUT2D eigenvalue weighted by molar-refractivity contribution is 0.103. The average Bonchev–Trinajstić information content (AvgIpc) is 2.93. The van der Waals surface area contributed by atoms with Gasteiger partial charge in [0.05, 0.1) is 11.3 Å². The van der Waals surface area contributed by atoms with Crippen LogP contribution in [0.25, 0.3) is 5.70 Å². The van der Waals surface area contributed by atoms with Crippen LogP contribution >= 0.6 is 0 Å². The van der Waals surface area contributed by atoms with Gasteiger partial charge in [-0.15, -0.1) is 0 Å². The van der Waals surface area contributed by atoms with E-state index in [0.29, 0.717) is 22.4 Å². The van der Waals surface area contributed by atoms with Crippen LogP contribution in [0.15, 0.2) is 63.7 Å². The third kappa shape index (κ3) is 2.11. The zero-order valence-electron chi connectivity index (χ0n) is 13.9. The quantitative estimate of drug-likeness (QED) is 0.530. The summed E-state index contributed by atoms with van der Waals surface area (Å²) in [6.45, 7) is 0. The summed E-state index contributed by atoms with van der Waals surface area (Å²) in [5, 5.41) is 12.7. The minimum atomic E-state index is -0.669. The molecule has 4 N–H and O–H groups in total. The Balaban J connectivity index is 1.84. The van der Waals surface area contributed by atoms with E-state index in [1.807, 2.05) is 12.1 Å². The Kier molecular flexibility index (Phi) is 3.03. The first-order valence-corrected chi connectivity index (χ1v) is 8.35. The van der Waals surface area contributed by atoms with Gasteiger partial charge in [-0.1, -0.05) is 36.4 Å². The number of H-pyrrole nitrogens is 2. The summed E-state index contributed by atoms with van der Waals surface area (Å²) in [7, 11) is 0. The number of aromatic amines is 2. The molecule has 27 heavy (non-hydrogen) atoms. The Morgan fingerprint density at radius 1 is 0.852 bits per heavy atom. The van der Waals surface area contributed by atoms with E-state index in [9.17, 15) is 19.5 Å². The first-order chi connectivity index (χ1) is 13.0. The molecule has 0 amide bonds. The highest BCUT2D eigenvalue weighted by atomic mass is 16.3. The van der Waals surface area contributed by atoms with Crippen molar-refractivity contribution in [1.82, 2.24) is 9.97 Å². The van der Waals surface area contributed by atoms with Gasteiger partial charge in [-0.25, -0.2) is 4.79 Å². The third-order valence-corrected chi connectivity index (χ3v) is 4.99. The summed E-state index contributed by atoms with van der Waals surface area (Å²) in [4.78, 5) is 42.4. The van der Waals surface area contributed by atoms with Crippen molar-refractivity contribution in [2.75, 3.05) is 5.32 Å². The molecule has 7 heteroatoms. The highest BCUT2D eigenvalue weighted by Crippen LogP contribution is 2.47. The van der Waals surface area contributed by atoms with Crippen molar-refractivity contribution < 1.29 is 9.90 Å². The van der Waals surface area contributed by atoms with E-state index in [2.05, 4.69) is 15.3 Å². The van der Waals surface area contributed by atoms with E-state index in [1.165, 1.54) is 12.1 Å². The number of hydrogen-bond donors (Lipinski definition) is 4. The van der Waals surface area contributed by atoms with Gasteiger partial charge in [-0.2, -0.15) is 0 Å². The van der Waals surface area contributed by atoms with Crippen LogP contribution in [0.4, 0.5) is 5.82 Å². The molecule has 0 bridgehead atoms. The van der Waals surface area contributed by atoms with E-state index in [1.54, 1.807) is 24.3 Å². The molecule has 7 nitrogen and oxygen atoms in total. The van der Waals surface area contributed by atoms with Crippen molar-refractivity contribution in [2.24, 2.45) is 0 Å². The molecular formula is C20H13N3O4. The molecule has 2 aromatic carbocycles. The van der Waals surface area contributed by atoms with Gasteiger partial charge >= 0.3 is 5.69 Å². The lowest BCUT2D eigenvalue weighted by Gasteiger charge is -2.27.